The molecule has 0 spiro atoms. The van der Waals surface area contributed by atoms with Gasteiger partial charge in [0.1, 0.15) is 17.4 Å². The van der Waals surface area contributed by atoms with E-state index in [1.807, 2.05) is 36.7 Å². The fourth-order valence-corrected chi connectivity index (χ4v) is 5.94. The van der Waals surface area contributed by atoms with Gasteiger partial charge in [0.15, 0.2) is 11.0 Å². The summed E-state index contributed by atoms with van der Waals surface area (Å²) in [4.78, 5) is 26.5. The van der Waals surface area contributed by atoms with E-state index in [4.69, 9.17) is 9.47 Å². The SMILES string of the molecule is CCOC(=O)c1c(NC(=O)CSc2nnc(COc3ccc(C)c(C)c3)n2C)sc2c1CCCC2. The average molecular weight is 515 g/mol. The maximum Gasteiger partial charge on any atom is 0.341 e. The van der Waals surface area contributed by atoms with E-state index in [-0.39, 0.29) is 24.2 Å². The predicted molar refractivity (Wildman–Crippen MR) is 138 cm³/mol. The maximum atomic E-state index is 12.8. The number of anilines is 1. The predicted octanol–water partition coefficient (Wildman–Crippen LogP) is 4.86. The van der Waals surface area contributed by atoms with Crippen LogP contribution in [0.15, 0.2) is 23.4 Å². The van der Waals surface area contributed by atoms with Crippen molar-refractivity contribution in [3.63, 3.8) is 0 Å². The van der Waals surface area contributed by atoms with Crippen molar-refractivity contribution < 1.29 is 19.1 Å². The Balaban J connectivity index is 1.37. The second kappa shape index (κ2) is 11.3. The van der Waals surface area contributed by atoms with E-state index in [1.165, 1.54) is 39.1 Å². The molecule has 0 atom stereocenters. The molecule has 35 heavy (non-hydrogen) atoms. The van der Waals surface area contributed by atoms with E-state index in [0.29, 0.717) is 28.2 Å². The van der Waals surface area contributed by atoms with Crippen LogP contribution in [0.2, 0.25) is 0 Å². The van der Waals surface area contributed by atoms with Crippen LogP contribution in [0.3, 0.4) is 0 Å². The summed E-state index contributed by atoms with van der Waals surface area (Å²) in [6.07, 6.45) is 3.92. The molecule has 0 unspecified atom stereocenters. The van der Waals surface area contributed by atoms with Crippen LogP contribution in [-0.2, 0) is 36.0 Å². The number of thioether (sulfide) groups is 1. The Labute approximate surface area is 213 Å². The van der Waals surface area contributed by atoms with E-state index in [9.17, 15) is 9.59 Å². The van der Waals surface area contributed by atoms with Gasteiger partial charge >= 0.3 is 5.97 Å². The second-order valence-electron chi connectivity index (χ2n) is 8.46. The lowest BCUT2D eigenvalue weighted by molar-refractivity contribution is -0.113. The van der Waals surface area contributed by atoms with Crippen LogP contribution < -0.4 is 10.1 Å². The van der Waals surface area contributed by atoms with Crippen LogP contribution >= 0.6 is 23.1 Å². The first-order valence-corrected chi connectivity index (χ1v) is 13.5. The summed E-state index contributed by atoms with van der Waals surface area (Å²) in [5, 5.41) is 12.6. The smallest absolute Gasteiger partial charge is 0.341 e. The molecule has 3 aromatic rings. The number of hydrogen-bond acceptors (Lipinski definition) is 8. The highest BCUT2D eigenvalue weighted by Crippen LogP contribution is 2.38. The molecule has 8 nitrogen and oxygen atoms in total. The largest absolute Gasteiger partial charge is 0.486 e. The molecule has 186 valence electrons. The van der Waals surface area contributed by atoms with Crippen molar-refractivity contribution in [1.82, 2.24) is 14.8 Å². The molecule has 0 aliphatic heterocycles. The number of amides is 1. The van der Waals surface area contributed by atoms with Crippen molar-refractivity contribution in [1.29, 1.82) is 0 Å². The van der Waals surface area contributed by atoms with Crippen LogP contribution in [0.4, 0.5) is 5.00 Å². The number of nitrogens with zero attached hydrogens (tertiary/aromatic N) is 3. The first-order chi connectivity index (χ1) is 16.9. The van der Waals surface area contributed by atoms with E-state index < -0.39 is 0 Å². The van der Waals surface area contributed by atoms with E-state index >= 15 is 0 Å². The molecule has 10 heteroatoms. The Bertz CT molecular complexity index is 1230. The fraction of sp³-hybridized carbons (Fsp3) is 0.440. The van der Waals surface area contributed by atoms with Gasteiger partial charge in [-0.15, -0.1) is 21.5 Å². The first kappa shape index (κ1) is 25.2. The minimum absolute atomic E-state index is 0.148. The van der Waals surface area contributed by atoms with E-state index in [0.717, 1.165) is 37.0 Å². The Morgan fingerprint density at radius 1 is 1.17 bits per heavy atom. The second-order valence-corrected chi connectivity index (χ2v) is 10.5. The number of aromatic nitrogens is 3. The molecule has 1 N–H and O–H groups in total. The van der Waals surface area contributed by atoms with Gasteiger partial charge in [0, 0.05) is 11.9 Å². The Kier molecular flexibility index (Phi) is 8.12. The molecule has 2 heterocycles. The third-order valence-electron chi connectivity index (χ3n) is 6.01. The Morgan fingerprint density at radius 2 is 1.97 bits per heavy atom. The van der Waals surface area contributed by atoms with E-state index in [1.54, 1.807) is 6.92 Å². The summed E-state index contributed by atoms with van der Waals surface area (Å²) in [6.45, 7) is 6.47. The number of ether oxygens (including phenoxy) is 2. The molecular weight excluding hydrogens is 484 g/mol. The van der Waals surface area contributed by atoms with Crippen molar-refractivity contribution in [2.75, 3.05) is 17.7 Å². The molecule has 1 aromatic carbocycles. The zero-order valence-electron chi connectivity index (χ0n) is 20.5. The standard InChI is InChI=1S/C25H30N4O4S2/c1-5-32-24(31)22-18-8-6-7-9-19(18)35-23(22)26-21(30)14-34-25-28-27-20(29(25)4)13-33-17-11-10-15(2)16(3)12-17/h10-12H,5-9,13-14H2,1-4H3,(H,26,30). The van der Waals surface area contributed by atoms with Crippen LogP contribution in [0.25, 0.3) is 0 Å². The number of carbonyl (C=O) groups excluding carboxylic acids is 2. The summed E-state index contributed by atoms with van der Waals surface area (Å²) in [6, 6.07) is 5.96. The molecule has 1 aliphatic rings. The molecule has 0 saturated carbocycles. The van der Waals surface area contributed by atoms with Gasteiger partial charge in [0.05, 0.1) is 17.9 Å². The molecule has 0 saturated heterocycles. The third kappa shape index (κ3) is 5.87. The minimum atomic E-state index is -0.364. The van der Waals surface area contributed by atoms with Gasteiger partial charge in [0.2, 0.25) is 5.91 Å². The highest BCUT2D eigenvalue weighted by molar-refractivity contribution is 7.99. The Morgan fingerprint density at radius 3 is 2.74 bits per heavy atom. The summed E-state index contributed by atoms with van der Waals surface area (Å²) in [7, 11) is 1.85. The van der Waals surface area contributed by atoms with Gasteiger partial charge < -0.3 is 19.4 Å². The van der Waals surface area contributed by atoms with E-state index in [2.05, 4.69) is 22.4 Å². The van der Waals surface area contributed by atoms with Gasteiger partial charge in [-0.05, 0) is 75.3 Å². The fourth-order valence-electron chi connectivity index (χ4n) is 3.91. The first-order valence-electron chi connectivity index (χ1n) is 11.7. The number of fused-ring (bicyclic) bond motifs is 1. The highest BCUT2D eigenvalue weighted by Gasteiger charge is 2.27. The molecule has 0 bridgehead atoms. The molecular formula is C25H30N4O4S2. The summed E-state index contributed by atoms with van der Waals surface area (Å²) in [5.41, 5.74) is 3.93. The lowest BCUT2D eigenvalue weighted by Gasteiger charge is -2.12. The number of hydrogen-bond donors (Lipinski definition) is 1. The summed E-state index contributed by atoms with van der Waals surface area (Å²) >= 11 is 2.78. The quantitative estimate of drug-likeness (QED) is 0.322. The number of esters is 1. The molecule has 1 aliphatic carbocycles. The number of nitrogens with one attached hydrogen (secondary N) is 1. The number of rotatable bonds is 9. The third-order valence-corrected chi connectivity index (χ3v) is 8.24. The van der Waals surface area contributed by atoms with Gasteiger partial charge in [-0.1, -0.05) is 17.8 Å². The van der Waals surface area contributed by atoms with Crippen molar-refractivity contribution in [2.45, 2.75) is 58.2 Å². The van der Waals surface area contributed by atoms with Gasteiger partial charge in [-0.25, -0.2) is 4.79 Å². The summed E-state index contributed by atoms with van der Waals surface area (Å²) in [5.74, 6) is 1.03. The van der Waals surface area contributed by atoms with Crippen molar-refractivity contribution in [3.8, 4) is 5.75 Å². The Hall–Kier alpha value is -2.85. The lowest BCUT2D eigenvalue weighted by atomic mass is 9.95. The molecule has 4 rings (SSSR count). The molecule has 0 radical (unpaired) electrons. The summed E-state index contributed by atoms with van der Waals surface area (Å²) < 4.78 is 13.0. The van der Waals surface area contributed by atoms with Gasteiger partial charge in [0.25, 0.3) is 0 Å². The van der Waals surface area contributed by atoms with Gasteiger partial charge in [-0.3, -0.25) is 4.79 Å². The number of thiophene rings is 1. The van der Waals surface area contributed by atoms with Crippen LogP contribution in [-0.4, -0.2) is 39.0 Å². The van der Waals surface area contributed by atoms with Gasteiger partial charge in [-0.2, -0.15) is 0 Å². The number of benzene rings is 1. The van der Waals surface area contributed by atoms with Crippen molar-refractivity contribution in [2.24, 2.45) is 7.05 Å². The minimum Gasteiger partial charge on any atom is -0.486 e. The number of carbonyl (C=O) groups is 2. The molecule has 1 amide bonds. The maximum absolute atomic E-state index is 12.8. The monoisotopic (exact) mass is 514 g/mol. The van der Waals surface area contributed by atoms with Crippen molar-refractivity contribution >= 4 is 40.0 Å². The lowest BCUT2D eigenvalue weighted by Crippen LogP contribution is -2.17. The normalized spacial score (nSPS) is 12.8. The van der Waals surface area contributed by atoms with Crippen LogP contribution in [0.1, 0.15) is 57.5 Å². The number of aryl methyl sites for hydroxylation is 3. The molecule has 2 aromatic heterocycles. The average Bonchev–Trinajstić information content (AvgIpc) is 3.38. The van der Waals surface area contributed by atoms with Crippen molar-refractivity contribution in [3.05, 3.63) is 51.2 Å². The zero-order valence-corrected chi connectivity index (χ0v) is 22.1. The highest BCUT2D eigenvalue weighted by atomic mass is 32.2. The van der Waals surface area contributed by atoms with Crippen LogP contribution in [0.5, 0.6) is 5.75 Å². The topological polar surface area (TPSA) is 95.3 Å². The zero-order chi connectivity index (χ0) is 24.9. The van der Waals surface area contributed by atoms with Crippen LogP contribution in [0, 0.1) is 13.8 Å². The molecule has 0 fully saturated rings.